The number of hydrogen-bond donors (Lipinski definition) is 0. The fraction of sp³-hybridized carbons (Fsp3) is 0.481. The van der Waals surface area contributed by atoms with E-state index < -0.39 is 11.5 Å². The highest BCUT2D eigenvalue weighted by molar-refractivity contribution is 6.03. The van der Waals surface area contributed by atoms with Crippen molar-refractivity contribution in [1.29, 1.82) is 0 Å². The molecule has 1 heterocycles. The summed E-state index contributed by atoms with van der Waals surface area (Å²) in [5.74, 6) is 1.06. The van der Waals surface area contributed by atoms with Crippen LogP contribution in [0.5, 0.6) is 11.5 Å². The van der Waals surface area contributed by atoms with Crippen LogP contribution in [0.15, 0.2) is 36.4 Å². The first-order valence-electron chi connectivity index (χ1n) is 11.9. The van der Waals surface area contributed by atoms with Crippen LogP contribution in [0.2, 0.25) is 0 Å². The Bertz CT molecular complexity index is 1090. The predicted molar refractivity (Wildman–Crippen MR) is 124 cm³/mol. The summed E-state index contributed by atoms with van der Waals surface area (Å²) in [4.78, 5) is 29.9. The lowest BCUT2D eigenvalue weighted by atomic mass is 9.68. The quantitative estimate of drug-likeness (QED) is 0.625. The fourth-order valence-corrected chi connectivity index (χ4v) is 6.18. The van der Waals surface area contributed by atoms with Gasteiger partial charge in [0.2, 0.25) is 0 Å². The van der Waals surface area contributed by atoms with Gasteiger partial charge in [0.05, 0.1) is 26.9 Å². The lowest BCUT2D eigenvalue weighted by molar-refractivity contribution is -0.153. The third-order valence-electron chi connectivity index (χ3n) is 7.64. The van der Waals surface area contributed by atoms with Crippen LogP contribution in [0, 0.1) is 0 Å². The van der Waals surface area contributed by atoms with Crippen LogP contribution in [0.4, 0.5) is 0 Å². The van der Waals surface area contributed by atoms with Gasteiger partial charge in [-0.3, -0.25) is 9.59 Å². The molecule has 6 heteroatoms. The molecule has 0 radical (unpaired) electrons. The molecule has 5 rings (SSSR count). The van der Waals surface area contributed by atoms with E-state index in [1.807, 2.05) is 42.2 Å². The molecule has 1 aliphatic heterocycles. The van der Waals surface area contributed by atoms with Crippen LogP contribution < -0.4 is 9.47 Å². The Labute approximate surface area is 194 Å². The van der Waals surface area contributed by atoms with E-state index in [-0.39, 0.29) is 24.5 Å². The van der Waals surface area contributed by atoms with Gasteiger partial charge in [-0.2, -0.15) is 0 Å². The zero-order chi connectivity index (χ0) is 23.2. The number of nitrogens with zero attached hydrogens (tertiary/aromatic N) is 1. The molecule has 0 unspecified atom stereocenters. The first kappa shape index (κ1) is 21.8. The van der Waals surface area contributed by atoms with Gasteiger partial charge >= 0.3 is 5.97 Å². The summed E-state index contributed by atoms with van der Waals surface area (Å²) in [5, 5.41) is 0. The average molecular weight is 450 g/mol. The Morgan fingerprint density at radius 3 is 2.42 bits per heavy atom. The normalized spacial score (nSPS) is 24.0. The Morgan fingerprint density at radius 2 is 1.73 bits per heavy atom. The van der Waals surface area contributed by atoms with Gasteiger partial charge in [0, 0.05) is 11.6 Å². The zero-order valence-electron chi connectivity index (χ0n) is 19.6. The number of fused-ring (bicyclic) bond motifs is 5. The Balaban J connectivity index is 1.78. The molecule has 0 saturated heterocycles. The van der Waals surface area contributed by atoms with E-state index in [2.05, 4.69) is 0 Å². The number of amides is 1. The molecule has 1 saturated carbocycles. The molecule has 1 fully saturated rings. The summed E-state index contributed by atoms with van der Waals surface area (Å²) in [7, 11) is 3.24. The highest BCUT2D eigenvalue weighted by Gasteiger charge is 2.62. The van der Waals surface area contributed by atoms with Gasteiger partial charge in [0.15, 0.2) is 0 Å². The van der Waals surface area contributed by atoms with Crippen molar-refractivity contribution in [3.8, 4) is 11.5 Å². The molecule has 2 aromatic carbocycles. The molecule has 0 N–H and O–H groups in total. The zero-order valence-corrected chi connectivity index (χ0v) is 19.6. The van der Waals surface area contributed by atoms with Crippen molar-refractivity contribution in [3.05, 3.63) is 58.7 Å². The highest BCUT2D eigenvalue weighted by Crippen LogP contribution is 2.57. The van der Waals surface area contributed by atoms with Crippen molar-refractivity contribution in [3.63, 3.8) is 0 Å². The topological polar surface area (TPSA) is 65.1 Å². The van der Waals surface area contributed by atoms with E-state index in [1.165, 1.54) is 6.42 Å². The molecule has 0 bridgehead atoms. The van der Waals surface area contributed by atoms with Crippen LogP contribution in [-0.2, 0) is 21.4 Å². The molecule has 2 aliphatic carbocycles. The fourth-order valence-electron chi connectivity index (χ4n) is 6.18. The van der Waals surface area contributed by atoms with E-state index in [0.717, 1.165) is 48.1 Å². The first-order valence-corrected chi connectivity index (χ1v) is 11.9. The first-order chi connectivity index (χ1) is 16.0. The summed E-state index contributed by atoms with van der Waals surface area (Å²) < 4.78 is 16.7. The number of esters is 1. The molecule has 0 spiro atoms. The predicted octanol–water partition coefficient (Wildman–Crippen LogP) is 4.59. The maximum Gasteiger partial charge on any atom is 0.319 e. The van der Waals surface area contributed by atoms with Gasteiger partial charge in [-0.1, -0.05) is 31.4 Å². The lowest BCUT2D eigenvalue weighted by Crippen LogP contribution is -2.57. The molecule has 2 atom stereocenters. The van der Waals surface area contributed by atoms with Crippen molar-refractivity contribution in [2.45, 2.75) is 62.9 Å². The number of rotatable bonds is 5. The molecule has 33 heavy (non-hydrogen) atoms. The third kappa shape index (κ3) is 3.22. The van der Waals surface area contributed by atoms with Gasteiger partial charge < -0.3 is 19.1 Å². The number of carbonyl (C=O) groups is 2. The number of carbonyl (C=O) groups excluding carboxylic acids is 2. The number of hydrogen-bond acceptors (Lipinski definition) is 5. The van der Waals surface area contributed by atoms with Crippen molar-refractivity contribution in [2.75, 3.05) is 20.8 Å². The Morgan fingerprint density at radius 1 is 1.03 bits per heavy atom. The Kier molecular flexibility index (Phi) is 5.55. The Hall–Kier alpha value is -3.02. The summed E-state index contributed by atoms with van der Waals surface area (Å²) in [6, 6.07) is 11.2. The smallest absolute Gasteiger partial charge is 0.319 e. The van der Waals surface area contributed by atoms with Crippen LogP contribution in [0.25, 0.3) is 0 Å². The van der Waals surface area contributed by atoms with Crippen molar-refractivity contribution in [1.82, 2.24) is 4.90 Å². The van der Waals surface area contributed by atoms with Crippen LogP contribution in [0.1, 0.15) is 72.1 Å². The molecule has 6 nitrogen and oxygen atoms in total. The summed E-state index contributed by atoms with van der Waals surface area (Å²) in [6.45, 7) is 2.12. The van der Waals surface area contributed by atoms with Crippen LogP contribution in [-0.4, -0.2) is 43.6 Å². The summed E-state index contributed by atoms with van der Waals surface area (Å²) in [6.07, 6.45) is 5.74. The molecule has 3 aliphatic rings. The van der Waals surface area contributed by atoms with Gasteiger partial charge in [-0.05, 0) is 67.1 Å². The molecular weight excluding hydrogens is 418 g/mol. The van der Waals surface area contributed by atoms with E-state index in [0.29, 0.717) is 17.7 Å². The SMILES string of the molecule is CCOC(=O)[C@]12Cc3cc(OC)ccc3[C@H]1N(C1CCCCC1)C(=O)c1cc(OC)ccc12. The monoisotopic (exact) mass is 449 g/mol. The molecule has 1 amide bonds. The maximum atomic E-state index is 14.1. The van der Waals surface area contributed by atoms with Gasteiger partial charge in [-0.25, -0.2) is 0 Å². The van der Waals surface area contributed by atoms with Gasteiger partial charge in [0.25, 0.3) is 5.91 Å². The van der Waals surface area contributed by atoms with Gasteiger partial charge in [-0.15, -0.1) is 0 Å². The minimum Gasteiger partial charge on any atom is -0.497 e. The average Bonchev–Trinajstić information content (AvgIpc) is 3.20. The maximum absolute atomic E-state index is 14.1. The lowest BCUT2D eigenvalue weighted by Gasteiger charge is -2.49. The van der Waals surface area contributed by atoms with E-state index in [9.17, 15) is 9.59 Å². The standard InChI is InChI=1S/C27H31NO5/c1-4-33-26(30)27-16-17-14-19(31-2)10-12-21(17)24(27)28(18-8-6-5-7-9-18)25(29)22-15-20(32-3)11-13-23(22)27/h10-15,18,24H,4-9,16H2,1-3H3/t24-,27+/m1/s1. The van der Waals surface area contributed by atoms with Crippen molar-refractivity contribution < 1.29 is 23.8 Å². The number of methoxy groups -OCH3 is 2. The number of benzene rings is 2. The minimum atomic E-state index is -0.988. The van der Waals surface area contributed by atoms with Crippen LogP contribution >= 0.6 is 0 Å². The summed E-state index contributed by atoms with van der Waals surface area (Å²) in [5.41, 5.74) is 2.34. The second kappa shape index (κ2) is 8.40. The molecule has 174 valence electrons. The molecular formula is C27H31NO5. The van der Waals surface area contributed by atoms with Crippen molar-refractivity contribution in [2.24, 2.45) is 0 Å². The number of ether oxygens (including phenoxy) is 3. The van der Waals surface area contributed by atoms with E-state index >= 15 is 0 Å². The largest absolute Gasteiger partial charge is 0.497 e. The van der Waals surface area contributed by atoms with E-state index in [1.54, 1.807) is 20.3 Å². The third-order valence-corrected chi connectivity index (χ3v) is 7.64. The second-order valence-corrected chi connectivity index (χ2v) is 9.25. The van der Waals surface area contributed by atoms with Crippen LogP contribution in [0.3, 0.4) is 0 Å². The summed E-state index contributed by atoms with van der Waals surface area (Å²) >= 11 is 0. The van der Waals surface area contributed by atoms with Crippen molar-refractivity contribution >= 4 is 11.9 Å². The minimum absolute atomic E-state index is 0.0237. The second-order valence-electron chi connectivity index (χ2n) is 9.25. The van der Waals surface area contributed by atoms with E-state index in [4.69, 9.17) is 14.2 Å². The molecule has 0 aromatic heterocycles. The van der Waals surface area contributed by atoms with Gasteiger partial charge in [0.1, 0.15) is 16.9 Å². The highest BCUT2D eigenvalue weighted by atomic mass is 16.5. The molecule has 2 aromatic rings.